The Morgan fingerprint density at radius 2 is 2.12 bits per heavy atom. The number of aliphatic hydroxyl groups is 1. The average Bonchev–Trinajstić information content (AvgIpc) is 2.55. The van der Waals surface area contributed by atoms with Gasteiger partial charge in [-0.05, 0) is 26.7 Å². The van der Waals surface area contributed by atoms with Gasteiger partial charge >= 0.3 is 5.97 Å². The molecule has 0 heterocycles. The Morgan fingerprint density at radius 3 is 2.47 bits per heavy atom. The lowest BCUT2D eigenvalue weighted by Crippen LogP contribution is -2.55. The molecule has 17 heavy (non-hydrogen) atoms. The maximum Gasteiger partial charge on any atom is 0.328 e. The number of hydrogen-bond donors (Lipinski definition) is 4. The third kappa shape index (κ3) is 2.76. The van der Waals surface area contributed by atoms with E-state index in [2.05, 4.69) is 5.32 Å². The minimum absolute atomic E-state index is 0.258. The van der Waals surface area contributed by atoms with Crippen LogP contribution in [0.1, 0.15) is 33.1 Å². The number of nitrogens with two attached hydrogens (primary N) is 1. The van der Waals surface area contributed by atoms with Crippen LogP contribution in [-0.4, -0.2) is 40.3 Å². The van der Waals surface area contributed by atoms with Gasteiger partial charge in [0.25, 0.3) is 0 Å². The summed E-state index contributed by atoms with van der Waals surface area (Å²) >= 11 is 0. The van der Waals surface area contributed by atoms with Crippen molar-refractivity contribution in [1.29, 1.82) is 0 Å². The van der Waals surface area contributed by atoms with Crippen molar-refractivity contribution in [1.82, 2.24) is 5.32 Å². The van der Waals surface area contributed by atoms with E-state index in [-0.39, 0.29) is 6.04 Å². The molecule has 0 bridgehead atoms. The molecule has 0 aliphatic heterocycles. The van der Waals surface area contributed by atoms with Crippen LogP contribution in [0.3, 0.4) is 0 Å². The van der Waals surface area contributed by atoms with Crippen LogP contribution in [0.15, 0.2) is 0 Å². The molecule has 1 aliphatic carbocycles. The van der Waals surface area contributed by atoms with Crippen molar-refractivity contribution in [3.8, 4) is 0 Å². The fourth-order valence-corrected chi connectivity index (χ4v) is 2.17. The lowest BCUT2D eigenvalue weighted by atomic mass is 9.84. The number of carbonyl (C=O) groups is 2. The van der Waals surface area contributed by atoms with E-state index in [1.165, 1.54) is 6.92 Å². The molecule has 0 aromatic rings. The van der Waals surface area contributed by atoms with Gasteiger partial charge in [0, 0.05) is 6.04 Å². The molecule has 6 heteroatoms. The van der Waals surface area contributed by atoms with Gasteiger partial charge in [-0.3, -0.25) is 4.79 Å². The fourth-order valence-electron chi connectivity index (χ4n) is 2.17. The Hall–Kier alpha value is -1.14. The number of aliphatic carboxylic acids is 1. The van der Waals surface area contributed by atoms with Crippen LogP contribution < -0.4 is 11.1 Å². The first-order valence-electron chi connectivity index (χ1n) is 5.76. The van der Waals surface area contributed by atoms with Crippen LogP contribution in [0.4, 0.5) is 0 Å². The maximum atomic E-state index is 12.0. The SMILES string of the molecule is C[C@@H](O)[C@H](NC(=O)C1(C)CCCC1N)C(=O)O. The molecule has 1 saturated carbocycles. The normalized spacial score (nSPS) is 31.9. The largest absolute Gasteiger partial charge is 0.480 e. The summed E-state index contributed by atoms with van der Waals surface area (Å²) in [5.41, 5.74) is 5.14. The molecular formula is C11H20N2O4. The second kappa shape index (κ2) is 5.01. The van der Waals surface area contributed by atoms with Crippen molar-refractivity contribution < 1.29 is 19.8 Å². The Kier molecular flexibility index (Phi) is 4.11. The first-order valence-corrected chi connectivity index (χ1v) is 5.76. The Morgan fingerprint density at radius 1 is 1.53 bits per heavy atom. The van der Waals surface area contributed by atoms with Gasteiger partial charge < -0.3 is 21.3 Å². The maximum absolute atomic E-state index is 12.0. The lowest BCUT2D eigenvalue weighted by Gasteiger charge is -2.29. The van der Waals surface area contributed by atoms with E-state index in [0.717, 1.165) is 12.8 Å². The van der Waals surface area contributed by atoms with Crippen molar-refractivity contribution in [2.24, 2.45) is 11.1 Å². The average molecular weight is 244 g/mol. The van der Waals surface area contributed by atoms with Crippen LogP contribution in [0.5, 0.6) is 0 Å². The number of carbonyl (C=O) groups excluding carboxylic acids is 1. The van der Waals surface area contributed by atoms with Crippen LogP contribution >= 0.6 is 0 Å². The van der Waals surface area contributed by atoms with Gasteiger partial charge in [0.05, 0.1) is 11.5 Å². The molecule has 0 spiro atoms. The fraction of sp³-hybridized carbons (Fsp3) is 0.818. The molecule has 0 radical (unpaired) electrons. The molecule has 1 rings (SSSR count). The van der Waals surface area contributed by atoms with Crippen LogP contribution in [0.25, 0.3) is 0 Å². The molecule has 0 saturated heterocycles. The molecule has 6 nitrogen and oxygen atoms in total. The standard InChI is InChI=1S/C11H20N2O4/c1-6(14)8(9(15)16)13-10(17)11(2)5-3-4-7(11)12/h6-8,14H,3-5,12H2,1-2H3,(H,13,17)(H,15,16)/t6-,7?,8+,11?/m1/s1. The lowest BCUT2D eigenvalue weighted by molar-refractivity contribution is -0.146. The van der Waals surface area contributed by atoms with Crippen molar-refractivity contribution in [2.75, 3.05) is 0 Å². The molecule has 1 fully saturated rings. The minimum atomic E-state index is -1.29. The van der Waals surface area contributed by atoms with E-state index in [4.69, 9.17) is 10.8 Å². The topological polar surface area (TPSA) is 113 Å². The summed E-state index contributed by atoms with van der Waals surface area (Å²) in [5.74, 6) is -1.64. The summed E-state index contributed by atoms with van der Waals surface area (Å²) in [6.45, 7) is 3.07. The van der Waals surface area contributed by atoms with E-state index in [1.54, 1.807) is 6.92 Å². The molecule has 98 valence electrons. The van der Waals surface area contributed by atoms with Crippen molar-refractivity contribution in [3.05, 3.63) is 0 Å². The summed E-state index contributed by atoms with van der Waals surface area (Å²) in [6.07, 6.45) is 1.12. The third-order valence-corrected chi connectivity index (χ3v) is 3.58. The predicted octanol–water partition coefficient (Wildman–Crippen LogP) is -0.546. The number of hydrogen-bond acceptors (Lipinski definition) is 4. The van der Waals surface area contributed by atoms with Crippen molar-refractivity contribution in [2.45, 2.75) is 51.3 Å². The van der Waals surface area contributed by atoms with Gasteiger partial charge in [-0.15, -0.1) is 0 Å². The second-order valence-corrected chi connectivity index (χ2v) is 4.95. The molecule has 0 aromatic heterocycles. The van der Waals surface area contributed by atoms with Gasteiger partial charge in [-0.1, -0.05) is 6.42 Å². The molecule has 1 amide bonds. The monoisotopic (exact) mass is 244 g/mol. The Balaban J connectivity index is 2.74. The summed E-state index contributed by atoms with van der Waals surface area (Å²) in [4.78, 5) is 22.9. The number of nitrogens with one attached hydrogen (secondary N) is 1. The van der Waals surface area contributed by atoms with Crippen LogP contribution in [0, 0.1) is 5.41 Å². The summed E-state index contributed by atoms with van der Waals surface area (Å²) < 4.78 is 0. The highest BCUT2D eigenvalue weighted by Crippen LogP contribution is 2.36. The van der Waals surface area contributed by atoms with Crippen molar-refractivity contribution in [3.63, 3.8) is 0 Å². The molecule has 0 aromatic carbocycles. The zero-order chi connectivity index (χ0) is 13.2. The first-order chi connectivity index (χ1) is 7.79. The van der Waals surface area contributed by atoms with Gasteiger partial charge in [0.15, 0.2) is 6.04 Å². The van der Waals surface area contributed by atoms with Gasteiger partial charge in [-0.2, -0.15) is 0 Å². The molecule has 1 aliphatic rings. The third-order valence-electron chi connectivity index (χ3n) is 3.58. The number of carboxylic acids is 1. The first kappa shape index (κ1) is 13.9. The molecule has 4 atom stereocenters. The van der Waals surface area contributed by atoms with E-state index in [9.17, 15) is 14.7 Å². The number of amides is 1. The van der Waals surface area contributed by atoms with E-state index < -0.39 is 29.4 Å². The summed E-state index contributed by atoms with van der Waals surface area (Å²) in [6, 6.07) is -1.54. The van der Waals surface area contributed by atoms with E-state index in [0.29, 0.717) is 6.42 Å². The summed E-state index contributed by atoms with van der Waals surface area (Å²) in [5, 5.41) is 20.5. The molecule has 2 unspecified atom stereocenters. The predicted molar refractivity (Wildman–Crippen MR) is 61.2 cm³/mol. The zero-order valence-corrected chi connectivity index (χ0v) is 10.1. The van der Waals surface area contributed by atoms with E-state index in [1.807, 2.05) is 0 Å². The Bertz CT molecular complexity index is 319. The highest BCUT2D eigenvalue weighted by molar-refractivity contribution is 5.88. The smallest absolute Gasteiger partial charge is 0.328 e. The zero-order valence-electron chi connectivity index (χ0n) is 10.1. The minimum Gasteiger partial charge on any atom is -0.480 e. The van der Waals surface area contributed by atoms with Gasteiger partial charge in [-0.25, -0.2) is 4.79 Å². The quantitative estimate of drug-likeness (QED) is 0.530. The van der Waals surface area contributed by atoms with Crippen LogP contribution in [0.2, 0.25) is 0 Å². The molecular weight excluding hydrogens is 224 g/mol. The van der Waals surface area contributed by atoms with E-state index >= 15 is 0 Å². The number of aliphatic hydroxyl groups excluding tert-OH is 1. The number of carboxylic acid groups (broad SMARTS) is 1. The highest BCUT2D eigenvalue weighted by atomic mass is 16.4. The number of rotatable bonds is 4. The van der Waals surface area contributed by atoms with Gasteiger partial charge in [0.2, 0.25) is 5.91 Å². The summed E-state index contributed by atoms with van der Waals surface area (Å²) in [7, 11) is 0. The van der Waals surface area contributed by atoms with Gasteiger partial charge in [0.1, 0.15) is 0 Å². The van der Waals surface area contributed by atoms with Crippen molar-refractivity contribution >= 4 is 11.9 Å². The highest BCUT2D eigenvalue weighted by Gasteiger charge is 2.44. The molecule has 5 N–H and O–H groups in total. The van der Waals surface area contributed by atoms with Crippen LogP contribution in [-0.2, 0) is 9.59 Å². The second-order valence-electron chi connectivity index (χ2n) is 4.95. The Labute approximate surface area is 100 Å².